The average Bonchev–Trinajstić information content (AvgIpc) is 3.22. The third kappa shape index (κ3) is 3.47. The summed E-state index contributed by atoms with van der Waals surface area (Å²) in [7, 11) is 1.80. The summed E-state index contributed by atoms with van der Waals surface area (Å²) in [6.45, 7) is 4.77. The van der Waals surface area contributed by atoms with E-state index in [4.69, 9.17) is 4.74 Å². The van der Waals surface area contributed by atoms with E-state index in [-0.39, 0.29) is 23.8 Å². The molecule has 0 saturated carbocycles. The van der Waals surface area contributed by atoms with Crippen LogP contribution in [0.3, 0.4) is 0 Å². The van der Waals surface area contributed by atoms with Crippen molar-refractivity contribution in [3.8, 4) is 0 Å². The van der Waals surface area contributed by atoms with Crippen molar-refractivity contribution in [3.05, 3.63) is 53.3 Å². The molecule has 0 radical (unpaired) electrons. The van der Waals surface area contributed by atoms with Crippen LogP contribution in [0.25, 0.3) is 0 Å². The molecule has 0 N–H and O–H groups in total. The van der Waals surface area contributed by atoms with Crippen molar-refractivity contribution in [1.29, 1.82) is 0 Å². The largest absolute Gasteiger partial charge is 0.374 e. The van der Waals surface area contributed by atoms with Gasteiger partial charge in [0.15, 0.2) is 0 Å². The van der Waals surface area contributed by atoms with E-state index in [9.17, 15) is 9.59 Å². The molecule has 2 aromatic rings. The number of ether oxygens (including phenoxy) is 1. The molecule has 4 rings (SSSR count). The number of likely N-dealkylation sites (tertiary alicyclic amines) is 1. The molecule has 142 valence electrons. The van der Waals surface area contributed by atoms with Gasteiger partial charge in [-0.05, 0) is 18.6 Å². The van der Waals surface area contributed by atoms with Crippen molar-refractivity contribution < 1.29 is 14.3 Å². The first-order chi connectivity index (χ1) is 13.0. The molecule has 2 atom stereocenters. The second-order valence-electron chi connectivity index (χ2n) is 7.35. The fourth-order valence-electron chi connectivity index (χ4n) is 3.94. The van der Waals surface area contributed by atoms with Crippen LogP contribution < -0.4 is 0 Å². The molecular formula is C20H24N4O3. The van der Waals surface area contributed by atoms with Gasteiger partial charge in [0.2, 0.25) is 0 Å². The fraction of sp³-hybridized carbons (Fsp3) is 0.450. The van der Waals surface area contributed by atoms with Crippen molar-refractivity contribution in [2.45, 2.75) is 13.0 Å². The van der Waals surface area contributed by atoms with Gasteiger partial charge in [-0.3, -0.25) is 14.3 Å². The monoisotopic (exact) mass is 368 g/mol. The van der Waals surface area contributed by atoms with Crippen LogP contribution in [-0.4, -0.2) is 70.3 Å². The lowest BCUT2D eigenvalue weighted by atomic mass is 10.1. The molecule has 2 aliphatic rings. The number of rotatable bonds is 2. The Balaban J connectivity index is 1.47. The normalized spacial score (nSPS) is 22.4. The molecule has 0 unspecified atom stereocenters. The average molecular weight is 368 g/mol. The molecular weight excluding hydrogens is 344 g/mol. The minimum absolute atomic E-state index is 0.0235. The number of aromatic nitrogens is 2. The lowest BCUT2D eigenvalue weighted by molar-refractivity contribution is 0.0477. The van der Waals surface area contributed by atoms with E-state index in [1.54, 1.807) is 24.1 Å². The van der Waals surface area contributed by atoms with Crippen molar-refractivity contribution in [2.24, 2.45) is 13.0 Å². The third-order valence-electron chi connectivity index (χ3n) is 5.43. The standard InChI is InChI=1S/C20H24N4O3/c1-14-5-3-4-6-17(14)20(26)24-12-16-11-23(7-8-27-18(16)13-24)19(25)15-9-21-22(2)10-15/h3-6,9-10,16,18H,7-8,11-13H2,1-2H3/t16-,18+/m0/s1. The van der Waals surface area contributed by atoms with Crippen LogP contribution in [0, 0.1) is 12.8 Å². The summed E-state index contributed by atoms with van der Waals surface area (Å²) < 4.78 is 7.61. The minimum Gasteiger partial charge on any atom is -0.374 e. The van der Waals surface area contributed by atoms with E-state index in [0.29, 0.717) is 38.3 Å². The smallest absolute Gasteiger partial charge is 0.257 e. The SMILES string of the molecule is Cc1ccccc1C(=O)N1C[C@@H]2CN(C(=O)c3cnn(C)c3)CCO[C@@H]2C1. The number of benzene rings is 1. The predicted octanol–water partition coefficient (Wildman–Crippen LogP) is 1.34. The summed E-state index contributed by atoms with van der Waals surface area (Å²) in [5, 5.41) is 4.08. The zero-order chi connectivity index (χ0) is 19.0. The molecule has 27 heavy (non-hydrogen) atoms. The number of hydrogen-bond donors (Lipinski definition) is 0. The Morgan fingerprint density at radius 1 is 1.11 bits per heavy atom. The number of fused-ring (bicyclic) bond motifs is 1. The summed E-state index contributed by atoms with van der Waals surface area (Å²) in [6, 6.07) is 7.64. The van der Waals surface area contributed by atoms with Gasteiger partial charge in [-0.2, -0.15) is 5.10 Å². The Bertz CT molecular complexity index is 862. The second kappa shape index (κ2) is 7.15. The number of aryl methyl sites for hydroxylation is 2. The van der Waals surface area contributed by atoms with E-state index in [2.05, 4.69) is 5.10 Å². The Hall–Kier alpha value is -2.67. The van der Waals surface area contributed by atoms with Gasteiger partial charge >= 0.3 is 0 Å². The van der Waals surface area contributed by atoms with E-state index in [1.807, 2.05) is 41.0 Å². The van der Waals surface area contributed by atoms with Crippen LogP contribution in [0.4, 0.5) is 0 Å². The third-order valence-corrected chi connectivity index (χ3v) is 5.43. The molecule has 2 amide bonds. The van der Waals surface area contributed by atoms with Gasteiger partial charge in [0, 0.05) is 50.9 Å². The molecule has 2 aliphatic heterocycles. The number of nitrogens with zero attached hydrogens (tertiary/aromatic N) is 4. The van der Waals surface area contributed by atoms with Gasteiger partial charge in [0.25, 0.3) is 11.8 Å². The predicted molar refractivity (Wildman–Crippen MR) is 99.4 cm³/mol. The summed E-state index contributed by atoms with van der Waals surface area (Å²) in [4.78, 5) is 29.4. The lowest BCUT2D eigenvalue weighted by Crippen LogP contribution is -2.38. The Morgan fingerprint density at radius 2 is 1.89 bits per heavy atom. The topological polar surface area (TPSA) is 67.7 Å². The Kier molecular flexibility index (Phi) is 4.70. The number of carbonyl (C=O) groups excluding carboxylic acids is 2. The van der Waals surface area contributed by atoms with Crippen LogP contribution in [0.15, 0.2) is 36.7 Å². The van der Waals surface area contributed by atoms with Crippen LogP contribution in [-0.2, 0) is 11.8 Å². The van der Waals surface area contributed by atoms with Gasteiger partial charge in [-0.1, -0.05) is 18.2 Å². The lowest BCUT2D eigenvalue weighted by Gasteiger charge is -2.23. The van der Waals surface area contributed by atoms with E-state index in [0.717, 1.165) is 11.1 Å². The highest BCUT2D eigenvalue weighted by atomic mass is 16.5. The van der Waals surface area contributed by atoms with E-state index < -0.39 is 0 Å². The van der Waals surface area contributed by atoms with Gasteiger partial charge < -0.3 is 14.5 Å². The zero-order valence-corrected chi connectivity index (χ0v) is 15.7. The quantitative estimate of drug-likeness (QED) is 0.802. The molecule has 0 aliphatic carbocycles. The van der Waals surface area contributed by atoms with E-state index >= 15 is 0 Å². The molecule has 2 fully saturated rings. The molecule has 1 aromatic carbocycles. The second-order valence-corrected chi connectivity index (χ2v) is 7.35. The number of amides is 2. The highest BCUT2D eigenvalue weighted by molar-refractivity contribution is 5.96. The first-order valence-corrected chi connectivity index (χ1v) is 9.27. The summed E-state index contributed by atoms with van der Waals surface area (Å²) in [6.07, 6.45) is 3.30. The van der Waals surface area contributed by atoms with Crippen LogP contribution in [0.2, 0.25) is 0 Å². The Morgan fingerprint density at radius 3 is 2.63 bits per heavy atom. The maximum atomic E-state index is 12.9. The molecule has 1 aromatic heterocycles. The summed E-state index contributed by atoms with van der Waals surface area (Å²) >= 11 is 0. The first kappa shape index (κ1) is 17.7. The highest BCUT2D eigenvalue weighted by Crippen LogP contribution is 2.26. The fourth-order valence-corrected chi connectivity index (χ4v) is 3.94. The Labute approximate surface area is 158 Å². The maximum absolute atomic E-state index is 12.9. The van der Waals surface area contributed by atoms with Crippen molar-refractivity contribution >= 4 is 11.8 Å². The van der Waals surface area contributed by atoms with Crippen LogP contribution in [0.1, 0.15) is 26.3 Å². The minimum atomic E-state index is -0.0315. The van der Waals surface area contributed by atoms with Crippen LogP contribution >= 0.6 is 0 Å². The van der Waals surface area contributed by atoms with Gasteiger partial charge in [-0.25, -0.2) is 0 Å². The van der Waals surface area contributed by atoms with Gasteiger partial charge in [0.1, 0.15) is 0 Å². The first-order valence-electron chi connectivity index (χ1n) is 9.27. The van der Waals surface area contributed by atoms with Gasteiger partial charge in [-0.15, -0.1) is 0 Å². The maximum Gasteiger partial charge on any atom is 0.257 e. The zero-order valence-electron chi connectivity index (χ0n) is 15.7. The van der Waals surface area contributed by atoms with Crippen LogP contribution in [0.5, 0.6) is 0 Å². The summed E-state index contributed by atoms with van der Waals surface area (Å²) in [5.74, 6) is 0.132. The molecule has 7 nitrogen and oxygen atoms in total. The molecule has 2 saturated heterocycles. The molecule has 0 bridgehead atoms. The van der Waals surface area contributed by atoms with E-state index in [1.165, 1.54) is 0 Å². The molecule has 7 heteroatoms. The number of hydrogen-bond acceptors (Lipinski definition) is 4. The van der Waals surface area contributed by atoms with Crippen molar-refractivity contribution in [1.82, 2.24) is 19.6 Å². The summed E-state index contributed by atoms with van der Waals surface area (Å²) in [5.41, 5.74) is 2.29. The number of carbonyl (C=O) groups is 2. The van der Waals surface area contributed by atoms with Crippen molar-refractivity contribution in [2.75, 3.05) is 32.8 Å². The molecule has 3 heterocycles. The molecule has 0 spiro atoms. The highest BCUT2D eigenvalue weighted by Gasteiger charge is 2.40. The van der Waals surface area contributed by atoms with Gasteiger partial charge in [0.05, 0.1) is 24.5 Å². The van der Waals surface area contributed by atoms with Crippen molar-refractivity contribution in [3.63, 3.8) is 0 Å².